The monoisotopic (exact) mass is 494 g/mol. The maximum Gasteiger partial charge on any atom is 0.243 e. The van der Waals surface area contributed by atoms with Crippen molar-refractivity contribution in [2.75, 3.05) is 44.3 Å². The number of furan rings is 1. The predicted molar refractivity (Wildman–Crippen MR) is 137 cm³/mol. The topological polar surface area (TPSA) is 80.1 Å². The number of carbonyl (C=O) groups is 1. The molecule has 4 rings (SSSR count). The second-order valence-corrected chi connectivity index (χ2v) is 10.1. The van der Waals surface area contributed by atoms with Crippen LogP contribution in [0.3, 0.4) is 0 Å². The molecule has 1 aromatic heterocycles. The minimum absolute atomic E-state index is 0.109. The van der Waals surface area contributed by atoms with Crippen molar-refractivity contribution in [2.24, 2.45) is 0 Å². The van der Waals surface area contributed by atoms with Crippen molar-refractivity contribution in [1.82, 2.24) is 4.31 Å². The number of ketones is 1. The molecule has 0 spiro atoms. The third kappa shape index (κ3) is 5.73. The largest absolute Gasteiger partial charge is 0.457 e. The minimum Gasteiger partial charge on any atom is -0.457 e. The van der Waals surface area contributed by atoms with Crippen LogP contribution in [-0.2, 0) is 14.8 Å². The molecule has 8 heteroatoms. The van der Waals surface area contributed by atoms with Crippen molar-refractivity contribution < 1.29 is 22.4 Å². The van der Waals surface area contributed by atoms with E-state index in [0.717, 1.165) is 24.3 Å². The third-order valence-electron chi connectivity index (χ3n) is 6.04. The first-order chi connectivity index (χ1) is 16.9. The molecule has 184 valence electrons. The first kappa shape index (κ1) is 24.9. The van der Waals surface area contributed by atoms with Gasteiger partial charge < -0.3 is 14.1 Å². The summed E-state index contributed by atoms with van der Waals surface area (Å²) in [4.78, 5) is 15.1. The Morgan fingerprint density at radius 3 is 2.23 bits per heavy atom. The van der Waals surface area contributed by atoms with E-state index in [1.807, 2.05) is 38.1 Å². The zero-order valence-corrected chi connectivity index (χ0v) is 20.8. The number of carbonyl (C=O) groups excluding carboxylic acids is 1. The van der Waals surface area contributed by atoms with Crippen molar-refractivity contribution in [1.29, 1.82) is 0 Å². The highest BCUT2D eigenvalue weighted by molar-refractivity contribution is 7.89. The van der Waals surface area contributed by atoms with Crippen LogP contribution in [0.1, 0.15) is 30.0 Å². The van der Waals surface area contributed by atoms with Gasteiger partial charge in [0.2, 0.25) is 10.0 Å². The Balaban J connectivity index is 1.41. The molecular formula is C27H30N2O5S. The Morgan fingerprint density at radius 1 is 0.943 bits per heavy atom. The molecule has 35 heavy (non-hydrogen) atoms. The van der Waals surface area contributed by atoms with Crippen molar-refractivity contribution >= 4 is 27.6 Å². The quantitative estimate of drug-likeness (QED) is 0.317. The van der Waals surface area contributed by atoms with E-state index in [2.05, 4.69) is 4.90 Å². The minimum atomic E-state index is -3.50. The van der Waals surface area contributed by atoms with Crippen molar-refractivity contribution in [3.63, 3.8) is 0 Å². The summed E-state index contributed by atoms with van der Waals surface area (Å²) in [6.07, 6.45) is 3.13. The van der Waals surface area contributed by atoms with Crippen LogP contribution in [0.2, 0.25) is 0 Å². The van der Waals surface area contributed by atoms with Gasteiger partial charge in [-0.25, -0.2) is 8.42 Å². The number of rotatable bonds is 9. The lowest BCUT2D eigenvalue weighted by molar-refractivity contribution is 0.104. The van der Waals surface area contributed by atoms with Gasteiger partial charge in [0.25, 0.3) is 0 Å². The number of sulfonamides is 1. The van der Waals surface area contributed by atoms with E-state index in [0.29, 0.717) is 43.4 Å². The fraction of sp³-hybridized carbons (Fsp3) is 0.296. The molecule has 0 aliphatic carbocycles. The zero-order valence-electron chi connectivity index (χ0n) is 20.0. The molecule has 1 aliphatic rings. The highest BCUT2D eigenvalue weighted by atomic mass is 32.2. The summed E-state index contributed by atoms with van der Waals surface area (Å²) < 4.78 is 38.0. The molecule has 2 heterocycles. The number of benzene rings is 2. The first-order valence-electron chi connectivity index (χ1n) is 11.8. The lowest BCUT2D eigenvalue weighted by Crippen LogP contribution is -2.36. The smallest absolute Gasteiger partial charge is 0.243 e. The number of anilines is 1. The number of hydrogen-bond acceptors (Lipinski definition) is 6. The molecule has 0 unspecified atom stereocenters. The zero-order chi connectivity index (χ0) is 24.8. The van der Waals surface area contributed by atoms with Gasteiger partial charge in [0.05, 0.1) is 18.1 Å². The highest BCUT2D eigenvalue weighted by Crippen LogP contribution is 2.25. The second kappa shape index (κ2) is 11.0. The van der Waals surface area contributed by atoms with Crippen LogP contribution in [0.4, 0.5) is 5.69 Å². The molecule has 1 fully saturated rings. The maximum absolute atomic E-state index is 12.7. The van der Waals surface area contributed by atoms with Crippen LogP contribution >= 0.6 is 0 Å². The Hall–Kier alpha value is -3.20. The van der Waals surface area contributed by atoms with Gasteiger partial charge in [0.15, 0.2) is 5.78 Å². The summed E-state index contributed by atoms with van der Waals surface area (Å²) in [5, 5.41) is 0. The van der Waals surface area contributed by atoms with Gasteiger partial charge in [-0.05, 0) is 72.8 Å². The maximum atomic E-state index is 12.7. The van der Waals surface area contributed by atoms with Gasteiger partial charge in [-0.2, -0.15) is 4.31 Å². The Kier molecular flexibility index (Phi) is 7.85. The van der Waals surface area contributed by atoms with Crippen LogP contribution in [0.15, 0.2) is 76.1 Å². The number of morpholine rings is 1. The molecule has 0 radical (unpaired) electrons. The summed E-state index contributed by atoms with van der Waals surface area (Å²) in [7, 11) is -3.50. The van der Waals surface area contributed by atoms with Gasteiger partial charge >= 0.3 is 0 Å². The van der Waals surface area contributed by atoms with Gasteiger partial charge in [0.1, 0.15) is 11.5 Å². The fourth-order valence-electron chi connectivity index (χ4n) is 4.01. The van der Waals surface area contributed by atoms with E-state index < -0.39 is 10.0 Å². The average molecular weight is 495 g/mol. The molecule has 0 saturated carbocycles. The molecule has 0 N–H and O–H groups in total. The summed E-state index contributed by atoms with van der Waals surface area (Å²) in [6.45, 7) is 7.61. The van der Waals surface area contributed by atoms with Gasteiger partial charge in [-0.1, -0.05) is 13.8 Å². The molecule has 1 aliphatic heterocycles. The van der Waals surface area contributed by atoms with Crippen LogP contribution in [0, 0.1) is 0 Å². The Labute approximate surface area is 206 Å². The Morgan fingerprint density at radius 2 is 1.60 bits per heavy atom. The number of nitrogens with zero attached hydrogens (tertiary/aromatic N) is 2. The number of allylic oxidation sites excluding steroid dienone is 1. The van der Waals surface area contributed by atoms with Gasteiger partial charge in [-0.3, -0.25) is 4.79 Å². The van der Waals surface area contributed by atoms with Crippen LogP contribution < -0.4 is 4.90 Å². The molecule has 2 aromatic carbocycles. The summed E-state index contributed by atoms with van der Waals surface area (Å²) in [6, 6.07) is 17.8. The average Bonchev–Trinajstić information content (AvgIpc) is 3.38. The molecule has 0 amide bonds. The van der Waals surface area contributed by atoms with E-state index in [-0.39, 0.29) is 10.7 Å². The molecule has 0 atom stereocenters. The van der Waals surface area contributed by atoms with Crippen LogP contribution in [0.5, 0.6) is 0 Å². The van der Waals surface area contributed by atoms with E-state index in [1.165, 1.54) is 10.4 Å². The van der Waals surface area contributed by atoms with Crippen LogP contribution in [0.25, 0.3) is 17.4 Å². The Bertz CT molecular complexity index is 1270. The van der Waals surface area contributed by atoms with E-state index in [1.54, 1.807) is 42.5 Å². The molecule has 7 nitrogen and oxygen atoms in total. The third-order valence-corrected chi connectivity index (χ3v) is 8.10. The fourth-order valence-corrected chi connectivity index (χ4v) is 5.47. The number of ether oxygens (including phenoxy) is 1. The number of hydrogen-bond donors (Lipinski definition) is 0. The summed E-state index contributed by atoms with van der Waals surface area (Å²) >= 11 is 0. The standard InChI is InChI=1S/C27H30N2O5S/c1-3-29(4-2)35(31,32)25-13-7-22(8-14-25)27-16-12-24(34-27)11-15-26(30)21-5-9-23(10-6-21)28-17-19-33-20-18-28/h5-16H,3-4,17-20H2,1-2H3/b15-11+. The first-order valence-corrected chi connectivity index (χ1v) is 13.2. The van der Waals surface area contributed by atoms with E-state index in [9.17, 15) is 13.2 Å². The SMILES string of the molecule is CCN(CC)S(=O)(=O)c1ccc(-c2ccc(/C=C/C(=O)c3ccc(N4CCOCC4)cc3)o2)cc1. The van der Waals surface area contributed by atoms with Gasteiger partial charge in [0, 0.05) is 43.0 Å². The molecular weight excluding hydrogens is 464 g/mol. The summed E-state index contributed by atoms with van der Waals surface area (Å²) in [5.41, 5.74) is 2.45. The molecule has 1 saturated heterocycles. The van der Waals surface area contributed by atoms with Gasteiger partial charge in [-0.15, -0.1) is 0 Å². The predicted octanol–water partition coefficient (Wildman–Crippen LogP) is 4.71. The van der Waals surface area contributed by atoms with Crippen molar-refractivity contribution in [2.45, 2.75) is 18.7 Å². The lowest BCUT2D eigenvalue weighted by Gasteiger charge is -2.28. The van der Waals surface area contributed by atoms with Crippen molar-refractivity contribution in [3.8, 4) is 11.3 Å². The second-order valence-electron chi connectivity index (χ2n) is 8.16. The van der Waals surface area contributed by atoms with E-state index in [4.69, 9.17) is 9.15 Å². The van der Waals surface area contributed by atoms with Crippen LogP contribution in [-0.4, -0.2) is 57.9 Å². The normalized spacial score (nSPS) is 14.7. The molecule has 0 bridgehead atoms. The summed E-state index contributed by atoms with van der Waals surface area (Å²) in [5.74, 6) is 1.03. The molecule has 3 aromatic rings. The lowest BCUT2D eigenvalue weighted by atomic mass is 10.1. The van der Waals surface area contributed by atoms with E-state index >= 15 is 0 Å². The highest BCUT2D eigenvalue weighted by Gasteiger charge is 2.21. The van der Waals surface area contributed by atoms with Crippen molar-refractivity contribution in [3.05, 3.63) is 78.1 Å².